The Morgan fingerprint density at radius 2 is 1.81 bits per heavy atom. The summed E-state index contributed by atoms with van der Waals surface area (Å²) in [5.74, 6) is 9.92. The second kappa shape index (κ2) is 17.3. The Morgan fingerprint density at radius 1 is 1.17 bits per heavy atom. The van der Waals surface area contributed by atoms with Crippen LogP contribution in [-0.4, -0.2) is 50.2 Å². The van der Waals surface area contributed by atoms with Gasteiger partial charge in [0.25, 0.3) is 0 Å². The van der Waals surface area contributed by atoms with Gasteiger partial charge < -0.3 is 26.9 Å². The van der Waals surface area contributed by atoms with Crippen molar-refractivity contribution < 1.29 is 83.8 Å². The van der Waals surface area contributed by atoms with Crippen LogP contribution < -0.4 is 73.6 Å². The maximum atomic E-state index is 9.74. The molecule has 2 aromatic carbocycles. The Morgan fingerprint density at radius 3 is 2.31 bits per heavy atom. The first-order valence-corrected chi connectivity index (χ1v) is 13.6. The molecule has 1 fully saturated rings. The zero-order valence-corrected chi connectivity index (χ0v) is 29.8. The molecular weight excluding hydrogens is 609 g/mol. The first-order valence-electron chi connectivity index (χ1n) is 11.2. The summed E-state index contributed by atoms with van der Waals surface area (Å²) in [4.78, 5) is 3.17. The van der Waals surface area contributed by atoms with Gasteiger partial charge in [-0.25, -0.2) is 4.98 Å². The fraction of sp³-hybridized carbons (Fsp3) is 0.357. The Kier molecular flexibility index (Phi) is 16.2. The van der Waals surface area contributed by atoms with Gasteiger partial charge in [-0.2, -0.15) is 11.8 Å². The van der Waals surface area contributed by atoms with Crippen molar-refractivity contribution in [1.82, 2.24) is 9.55 Å². The van der Waals surface area contributed by atoms with Crippen LogP contribution in [0.25, 0.3) is 11.1 Å². The van der Waals surface area contributed by atoms with E-state index in [-0.39, 0.29) is 82.9 Å². The van der Waals surface area contributed by atoms with Crippen molar-refractivity contribution in [2.24, 2.45) is 7.05 Å². The zero-order valence-electron chi connectivity index (χ0n) is 21.9. The molecule has 2 atom stereocenters. The van der Waals surface area contributed by atoms with E-state index in [1.807, 2.05) is 60.1 Å². The summed E-state index contributed by atoms with van der Waals surface area (Å²) in [5, 5.41) is 18.5. The summed E-state index contributed by atoms with van der Waals surface area (Å²) >= 11 is 3.33. The second-order valence-electron chi connectivity index (χ2n) is 8.03. The Labute approximate surface area is 283 Å². The Hall–Kier alpha value is -0.318. The van der Waals surface area contributed by atoms with Crippen molar-refractivity contribution in [3.8, 4) is 28.7 Å². The normalized spacial score (nSPS) is 15.6. The fourth-order valence-corrected chi connectivity index (χ4v) is 4.87. The second-order valence-corrected chi connectivity index (χ2v) is 10.4. The van der Waals surface area contributed by atoms with Gasteiger partial charge in [0, 0.05) is 37.2 Å². The van der Waals surface area contributed by atoms with Crippen LogP contribution in [0.3, 0.4) is 0 Å². The van der Waals surface area contributed by atoms with Crippen LogP contribution in [0.5, 0.6) is 5.75 Å². The molecule has 8 heteroatoms. The molecule has 1 saturated heterocycles. The molecule has 2 N–H and O–H groups in total. The monoisotopic (exact) mass is 644 g/mol. The van der Waals surface area contributed by atoms with Crippen LogP contribution in [-0.2, 0) is 12.0 Å². The number of benzene rings is 2. The van der Waals surface area contributed by atoms with Crippen molar-refractivity contribution in [2.45, 2.75) is 30.8 Å². The molecule has 0 radical (unpaired) electrons. The Bertz CT molecular complexity index is 1080. The van der Waals surface area contributed by atoms with E-state index >= 15 is 0 Å². The molecule has 0 saturated carbocycles. The van der Waals surface area contributed by atoms with Crippen molar-refractivity contribution in [3.63, 3.8) is 0 Å². The first-order chi connectivity index (χ1) is 16.4. The molecule has 1 aliphatic heterocycles. The minimum Gasteiger partial charge on any atom is -0.490 e. The van der Waals surface area contributed by atoms with Crippen molar-refractivity contribution in [1.29, 1.82) is 0 Å². The average molecular weight is 645 g/mol. The summed E-state index contributed by atoms with van der Waals surface area (Å²) < 4.78 is 7.80. The third kappa shape index (κ3) is 10.4. The van der Waals surface area contributed by atoms with Gasteiger partial charge in [0.05, 0.1) is 6.61 Å². The van der Waals surface area contributed by atoms with Crippen LogP contribution in [0.1, 0.15) is 31.2 Å². The molecule has 0 amide bonds. The molecule has 36 heavy (non-hydrogen) atoms. The molecule has 0 aliphatic carbocycles. The van der Waals surface area contributed by atoms with Crippen LogP contribution in [0.15, 0.2) is 60.9 Å². The predicted molar refractivity (Wildman–Crippen MR) is 150 cm³/mol. The molecule has 0 spiro atoms. The quantitative estimate of drug-likeness (QED) is 0.244. The van der Waals surface area contributed by atoms with Crippen LogP contribution in [0, 0.1) is 19.3 Å². The van der Waals surface area contributed by atoms with Crippen LogP contribution >= 0.6 is 23.5 Å². The number of nitrogens with zero attached hydrogens (tertiary/aromatic N) is 2. The fourth-order valence-electron chi connectivity index (χ4n) is 3.39. The maximum Gasteiger partial charge on any atom is 1.00 e. The SMILES string of the molecule is CSC(C)(O)c1nccn1C.OCCC#Cc1ccc(-c2ccc(OC3CCSC3)cc2)cc1.[CH3-].[Cs+]. The summed E-state index contributed by atoms with van der Waals surface area (Å²) in [7, 11) is 1.87. The van der Waals surface area contributed by atoms with E-state index in [9.17, 15) is 5.11 Å². The number of ether oxygens (including phenoxy) is 1. The maximum absolute atomic E-state index is 9.74. The van der Waals surface area contributed by atoms with Gasteiger partial charge in [-0.3, -0.25) is 0 Å². The third-order valence-electron chi connectivity index (χ3n) is 5.37. The molecule has 5 nitrogen and oxygen atoms in total. The molecule has 3 aromatic rings. The van der Waals surface area contributed by atoms with E-state index in [1.165, 1.54) is 28.6 Å². The molecule has 1 aromatic heterocycles. The zero-order chi connectivity index (χ0) is 24.4. The average Bonchev–Trinajstić information content (AvgIpc) is 3.53. The van der Waals surface area contributed by atoms with Gasteiger partial charge in [0.2, 0.25) is 0 Å². The van der Waals surface area contributed by atoms with Gasteiger partial charge in [-0.15, -0.1) is 11.8 Å². The molecule has 0 bridgehead atoms. The van der Waals surface area contributed by atoms with E-state index in [4.69, 9.17) is 9.84 Å². The van der Waals surface area contributed by atoms with Gasteiger partial charge in [-0.1, -0.05) is 36.1 Å². The standard InChI is InChI=1S/C20H20O2S.C7H12N2OS.CH3.Cs/c21-13-2-1-3-16-4-6-17(7-5-16)18-8-10-19(11-9-18)22-20-12-14-23-15-20;1-7(10,11-3)6-8-4-5-9(6)2;;/h4-11,20-21H,2,12-15H2;4-5,10H,1-3H3;1H3;/q;;-1;+1. The van der Waals surface area contributed by atoms with Gasteiger partial charge >= 0.3 is 68.9 Å². The third-order valence-corrected chi connectivity index (χ3v) is 7.48. The van der Waals surface area contributed by atoms with E-state index < -0.39 is 4.93 Å². The minimum absolute atomic E-state index is 0. The van der Waals surface area contributed by atoms with E-state index in [0.29, 0.717) is 18.3 Å². The largest absolute Gasteiger partial charge is 1.00 e. The molecule has 4 rings (SSSR count). The van der Waals surface area contributed by atoms with E-state index in [0.717, 1.165) is 23.5 Å². The van der Waals surface area contributed by atoms with Crippen molar-refractivity contribution >= 4 is 23.5 Å². The number of rotatable bonds is 6. The minimum atomic E-state index is -0.877. The van der Waals surface area contributed by atoms with Gasteiger partial charge in [-0.05, 0) is 60.7 Å². The van der Waals surface area contributed by atoms with Gasteiger partial charge in [0.15, 0.2) is 10.8 Å². The summed E-state index contributed by atoms with van der Waals surface area (Å²) in [6.07, 6.45) is 7.38. The Balaban J connectivity index is 0.000000425. The topological polar surface area (TPSA) is 67.5 Å². The summed E-state index contributed by atoms with van der Waals surface area (Å²) in [6, 6.07) is 16.5. The number of imidazole rings is 1. The van der Waals surface area contributed by atoms with E-state index in [1.54, 1.807) is 13.1 Å². The molecule has 1 aliphatic rings. The number of aliphatic hydroxyl groups is 2. The number of aryl methyl sites for hydroxylation is 1. The van der Waals surface area contributed by atoms with Crippen molar-refractivity contribution in [2.75, 3.05) is 24.4 Å². The van der Waals surface area contributed by atoms with Crippen LogP contribution in [0.2, 0.25) is 0 Å². The van der Waals surface area contributed by atoms with Gasteiger partial charge in [0.1, 0.15) is 11.9 Å². The number of aliphatic hydroxyl groups excluding tert-OH is 1. The smallest absolute Gasteiger partial charge is 0.490 e. The molecule has 2 heterocycles. The van der Waals surface area contributed by atoms with Crippen LogP contribution in [0.4, 0.5) is 0 Å². The number of hydrogen-bond acceptors (Lipinski definition) is 6. The summed E-state index contributed by atoms with van der Waals surface area (Å²) in [6.45, 7) is 1.85. The molecule has 2 unspecified atom stereocenters. The summed E-state index contributed by atoms with van der Waals surface area (Å²) in [5.41, 5.74) is 3.31. The number of aromatic nitrogens is 2. The van der Waals surface area contributed by atoms with Crippen molar-refractivity contribution in [3.05, 3.63) is 79.7 Å². The number of hydrogen-bond donors (Lipinski definition) is 2. The molecule has 188 valence electrons. The first kappa shape index (κ1) is 33.7. The predicted octanol–water partition coefficient (Wildman–Crippen LogP) is 2.37. The number of thioether (sulfide) groups is 2. The van der Waals surface area contributed by atoms with E-state index in [2.05, 4.69) is 41.1 Å². The molecular formula is C28H35CsN2O3S2.